The number of esters is 1. The molecule has 0 aliphatic carbocycles. The standard InChI is InChI=1S/C15H16Cl2N2O8S/c16-14(17)15(24)18-10(5-27-12(22)7-28-6-11(20)21)13(23)8-1-3-9(4-2-8)19(25)26/h1-4,10,13-14,23H,5-7H2,(H,18,24)(H,20,21)/t10-,13-/m1/s1. The number of aliphatic carboxylic acids is 1. The molecular formula is C15H16Cl2N2O8S. The van der Waals surface area contributed by atoms with E-state index in [9.17, 15) is 29.6 Å². The van der Waals surface area contributed by atoms with Crippen molar-refractivity contribution in [1.29, 1.82) is 0 Å². The molecule has 0 unspecified atom stereocenters. The van der Waals surface area contributed by atoms with E-state index in [0.717, 1.165) is 23.9 Å². The van der Waals surface area contributed by atoms with Crippen LogP contribution in [-0.4, -0.2) is 62.0 Å². The number of thioether (sulfide) groups is 1. The maximum Gasteiger partial charge on any atom is 0.315 e. The Morgan fingerprint density at radius 2 is 1.82 bits per heavy atom. The minimum Gasteiger partial charge on any atom is -0.481 e. The van der Waals surface area contributed by atoms with Gasteiger partial charge in [0.1, 0.15) is 12.7 Å². The molecule has 3 N–H and O–H groups in total. The molecular weight excluding hydrogens is 439 g/mol. The maximum absolute atomic E-state index is 11.7. The fourth-order valence-corrected chi connectivity index (χ4v) is 2.58. The molecule has 0 radical (unpaired) electrons. The molecule has 0 aliphatic heterocycles. The van der Waals surface area contributed by atoms with Crippen molar-refractivity contribution in [1.82, 2.24) is 5.32 Å². The molecule has 2 atom stereocenters. The number of carbonyl (C=O) groups excluding carboxylic acids is 2. The Kier molecular flexibility index (Phi) is 10.0. The molecule has 1 amide bonds. The van der Waals surface area contributed by atoms with Gasteiger partial charge in [-0.2, -0.15) is 0 Å². The monoisotopic (exact) mass is 454 g/mol. The summed E-state index contributed by atoms with van der Waals surface area (Å²) in [5.74, 6) is -3.22. The lowest BCUT2D eigenvalue weighted by Gasteiger charge is -2.24. The first kappa shape index (κ1) is 24.0. The highest BCUT2D eigenvalue weighted by Gasteiger charge is 2.27. The van der Waals surface area contributed by atoms with Crippen LogP contribution in [0.5, 0.6) is 0 Å². The van der Waals surface area contributed by atoms with Crippen molar-refractivity contribution in [2.45, 2.75) is 17.0 Å². The number of carboxylic acid groups (broad SMARTS) is 1. The van der Waals surface area contributed by atoms with Crippen LogP contribution in [0.4, 0.5) is 5.69 Å². The van der Waals surface area contributed by atoms with Crippen molar-refractivity contribution in [2.75, 3.05) is 18.1 Å². The zero-order valence-electron chi connectivity index (χ0n) is 14.1. The van der Waals surface area contributed by atoms with Gasteiger partial charge < -0.3 is 20.3 Å². The zero-order chi connectivity index (χ0) is 21.3. The van der Waals surface area contributed by atoms with Crippen LogP contribution in [0.3, 0.4) is 0 Å². The highest BCUT2D eigenvalue weighted by Crippen LogP contribution is 2.21. The average molecular weight is 455 g/mol. The van der Waals surface area contributed by atoms with Gasteiger partial charge in [0.2, 0.25) is 0 Å². The summed E-state index contributed by atoms with van der Waals surface area (Å²) in [5.41, 5.74) is 0.0212. The number of rotatable bonds is 11. The van der Waals surface area contributed by atoms with E-state index < -0.39 is 46.4 Å². The number of nitro benzene ring substituents is 1. The van der Waals surface area contributed by atoms with Gasteiger partial charge in [-0.25, -0.2) is 0 Å². The number of aliphatic hydroxyl groups excluding tert-OH is 1. The third kappa shape index (κ3) is 8.30. The molecule has 0 aromatic heterocycles. The third-order valence-electron chi connectivity index (χ3n) is 3.22. The lowest BCUT2D eigenvalue weighted by Crippen LogP contribution is -2.45. The highest BCUT2D eigenvalue weighted by molar-refractivity contribution is 8.00. The molecule has 0 spiro atoms. The van der Waals surface area contributed by atoms with Crippen LogP contribution in [0.2, 0.25) is 0 Å². The first-order valence-electron chi connectivity index (χ1n) is 7.58. The summed E-state index contributed by atoms with van der Waals surface area (Å²) in [4.78, 5) is 42.5. The number of nitro groups is 1. The highest BCUT2D eigenvalue weighted by atomic mass is 35.5. The third-order valence-corrected chi connectivity index (χ3v) is 4.51. The number of ether oxygens (including phenoxy) is 1. The first-order chi connectivity index (χ1) is 13.1. The lowest BCUT2D eigenvalue weighted by molar-refractivity contribution is -0.384. The number of nitrogens with zero attached hydrogens (tertiary/aromatic N) is 1. The van der Waals surface area contributed by atoms with E-state index in [1.165, 1.54) is 12.1 Å². The van der Waals surface area contributed by atoms with Crippen LogP contribution < -0.4 is 5.32 Å². The van der Waals surface area contributed by atoms with Crippen LogP contribution in [-0.2, 0) is 19.1 Å². The molecule has 10 nitrogen and oxygen atoms in total. The van der Waals surface area contributed by atoms with Crippen molar-refractivity contribution in [3.63, 3.8) is 0 Å². The SMILES string of the molecule is O=C(O)CSCC(=O)OC[C@@H](NC(=O)C(Cl)Cl)[C@H](O)c1ccc([N+](=O)[O-])cc1. The summed E-state index contributed by atoms with van der Waals surface area (Å²) in [6.45, 7) is -0.461. The number of aliphatic hydroxyl groups is 1. The van der Waals surface area contributed by atoms with Crippen LogP contribution in [0, 0.1) is 10.1 Å². The summed E-state index contributed by atoms with van der Waals surface area (Å²) < 4.78 is 4.95. The Labute approximate surface area is 173 Å². The second-order valence-corrected chi connectivity index (χ2v) is 7.36. The number of alkyl halides is 2. The fraction of sp³-hybridized carbons (Fsp3) is 0.400. The molecule has 0 fully saturated rings. The van der Waals surface area contributed by atoms with Gasteiger partial charge in [-0.3, -0.25) is 24.5 Å². The van der Waals surface area contributed by atoms with Crippen LogP contribution in [0.15, 0.2) is 24.3 Å². The quantitative estimate of drug-likeness (QED) is 0.194. The number of hydrogen-bond donors (Lipinski definition) is 3. The normalized spacial score (nSPS) is 12.9. The van der Waals surface area contributed by atoms with E-state index in [1.807, 2.05) is 0 Å². The van der Waals surface area contributed by atoms with E-state index in [-0.39, 0.29) is 22.8 Å². The van der Waals surface area contributed by atoms with Gasteiger partial charge in [-0.1, -0.05) is 23.2 Å². The summed E-state index contributed by atoms with van der Waals surface area (Å²) in [6.07, 6.45) is -1.39. The molecule has 13 heteroatoms. The van der Waals surface area contributed by atoms with Crippen molar-refractivity contribution < 1.29 is 34.3 Å². The summed E-state index contributed by atoms with van der Waals surface area (Å²) >= 11 is 11.8. The van der Waals surface area contributed by atoms with E-state index in [1.54, 1.807) is 0 Å². The smallest absolute Gasteiger partial charge is 0.315 e. The van der Waals surface area contributed by atoms with Crippen molar-refractivity contribution in [2.24, 2.45) is 0 Å². The predicted molar refractivity (Wildman–Crippen MR) is 101 cm³/mol. The molecule has 0 saturated carbocycles. The Balaban J connectivity index is 2.80. The molecule has 0 aliphatic rings. The largest absolute Gasteiger partial charge is 0.481 e. The minimum atomic E-state index is -1.44. The van der Waals surface area contributed by atoms with Crippen LogP contribution in [0.1, 0.15) is 11.7 Å². The second kappa shape index (κ2) is 11.7. The molecule has 1 aromatic carbocycles. The van der Waals surface area contributed by atoms with Gasteiger partial charge in [-0.15, -0.1) is 11.8 Å². The van der Waals surface area contributed by atoms with E-state index in [4.69, 9.17) is 33.0 Å². The molecule has 0 saturated heterocycles. The number of nitrogens with one attached hydrogen (secondary N) is 1. The van der Waals surface area contributed by atoms with E-state index >= 15 is 0 Å². The first-order valence-corrected chi connectivity index (χ1v) is 9.60. The lowest BCUT2D eigenvalue weighted by atomic mass is 10.0. The predicted octanol–water partition coefficient (Wildman–Crippen LogP) is 1.28. The van der Waals surface area contributed by atoms with Crippen LogP contribution >= 0.6 is 35.0 Å². The number of amides is 1. The molecule has 1 aromatic rings. The molecule has 0 heterocycles. The topological polar surface area (TPSA) is 156 Å². The second-order valence-electron chi connectivity index (χ2n) is 5.28. The minimum absolute atomic E-state index is 0.194. The summed E-state index contributed by atoms with van der Waals surface area (Å²) in [7, 11) is 0. The number of non-ortho nitro benzene ring substituents is 1. The number of benzene rings is 1. The Bertz CT molecular complexity index is 716. The number of carbonyl (C=O) groups is 3. The van der Waals surface area contributed by atoms with Gasteiger partial charge in [0, 0.05) is 12.1 Å². The van der Waals surface area contributed by atoms with Gasteiger partial charge in [-0.05, 0) is 17.7 Å². The Morgan fingerprint density at radius 1 is 1.21 bits per heavy atom. The van der Waals surface area contributed by atoms with Gasteiger partial charge in [0.05, 0.1) is 22.5 Å². The number of halogens is 2. The fourth-order valence-electron chi connectivity index (χ4n) is 1.93. The summed E-state index contributed by atoms with van der Waals surface area (Å²) in [5, 5.41) is 32.0. The van der Waals surface area contributed by atoms with E-state index in [0.29, 0.717) is 0 Å². The van der Waals surface area contributed by atoms with Gasteiger partial charge in [0.15, 0.2) is 4.84 Å². The molecule has 154 valence electrons. The number of hydrogen-bond acceptors (Lipinski definition) is 8. The van der Waals surface area contributed by atoms with Crippen LogP contribution in [0.25, 0.3) is 0 Å². The maximum atomic E-state index is 11.7. The Morgan fingerprint density at radius 3 is 2.32 bits per heavy atom. The molecule has 0 bridgehead atoms. The molecule has 1 rings (SSSR count). The molecule has 28 heavy (non-hydrogen) atoms. The van der Waals surface area contributed by atoms with Gasteiger partial charge >= 0.3 is 11.9 Å². The van der Waals surface area contributed by atoms with Crippen molar-refractivity contribution >= 4 is 58.5 Å². The van der Waals surface area contributed by atoms with E-state index in [2.05, 4.69) is 5.32 Å². The van der Waals surface area contributed by atoms with Crippen molar-refractivity contribution in [3.05, 3.63) is 39.9 Å². The Hall–Kier alpha value is -2.08. The average Bonchev–Trinajstić information content (AvgIpc) is 2.63. The summed E-state index contributed by atoms with van der Waals surface area (Å²) in [6, 6.07) is 3.74. The van der Waals surface area contributed by atoms with Crippen molar-refractivity contribution in [3.8, 4) is 0 Å². The number of carboxylic acids is 1. The van der Waals surface area contributed by atoms with Gasteiger partial charge in [0.25, 0.3) is 11.6 Å². The zero-order valence-corrected chi connectivity index (χ0v) is 16.4.